The van der Waals surface area contributed by atoms with Crippen LogP contribution in [0.4, 0.5) is 0 Å². The first kappa shape index (κ1) is 19.0. The van der Waals surface area contributed by atoms with E-state index in [1.54, 1.807) is 0 Å². The predicted octanol–water partition coefficient (Wildman–Crippen LogP) is 7.57. The highest BCUT2D eigenvalue weighted by atomic mass is 79.9. The van der Waals surface area contributed by atoms with Crippen molar-refractivity contribution >= 4 is 27.5 Å². The van der Waals surface area contributed by atoms with Crippen LogP contribution in [0.3, 0.4) is 0 Å². The van der Waals surface area contributed by atoms with Gasteiger partial charge < -0.3 is 0 Å². The second-order valence-corrected chi connectivity index (χ2v) is 7.78. The maximum atomic E-state index is 5.91. The van der Waals surface area contributed by atoms with Crippen molar-refractivity contribution in [2.45, 2.75) is 82.4 Å². The monoisotopic (exact) mass is 372 g/mol. The third-order valence-electron chi connectivity index (χ3n) is 3.99. The average Bonchev–Trinajstić information content (AvgIpc) is 2.48. The molecule has 0 amide bonds. The number of halogens is 2. The van der Waals surface area contributed by atoms with Gasteiger partial charge in [-0.05, 0) is 30.5 Å². The number of hydrogen-bond donors (Lipinski definition) is 0. The largest absolute Gasteiger partial charge is 0.0887 e. The van der Waals surface area contributed by atoms with Crippen LogP contribution < -0.4 is 0 Å². The Hall–Kier alpha value is -0.0100. The highest BCUT2D eigenvalue weighted by molar-refractivity contribution is 9.09. The Bertz CT molecular complexity index is 347. The molecule has 1 unspecified atom stereocenters. The lowest BCUT2D eigenvalue weighted by atomic mass is 10.0. The van der Waals surface area contributed by atoms with E-state index in [0.717, 1.165) is 11.4 Å². The van der Waals surface area contributed by atoms with Gasteiger partial charge in [0.15, 0.2) is 0 Å². The second kappa shape index (κ2) is 12.5. The SMILES string of the molecule is CCCCCCCCCCCC(Br)Cc1ccc(Cl)cc1. The molecule has 0 bridgehead atoms. The molecule has 0 aliphatic carbocycles. The summed E-state index contributed by atoms with van der Waals surface area (Å²) in [5.41, 5.74) is 1.37. The molecule has 0 N–H and O–H groups in total. The molecule has 120 valence electrons. The fraction of sp³-hybridized carbons (Fsp3) is 0.684. The van der Waals surface area contributed by atoms with Crippen LogP contribution in [-0.2, 0) is 6.42 Å². The van der Waals surface area contributed by atoms with Crippen LogP contribution >= 0.6 is 27.5 Å². The minimum atomic E-state index is 0.600. The van der Waals surface area contributed by atoms with E-state index >= 15 is 0 Å². The number of rotatable bonds is 12. The van der Waals surface area contributed by atoms with Gasteiger partial charge in [0.1, 0.15) is 0 Å². The maximum absolute atomic E-state index is 5.91. The molecule has 0 nitrogen and oxygen atoms in total. The van der Waals surface area contributed by atoms with Gasteiger partial charge in [-0.3, -0.25) is 0 Å². The molecule has 1 rings (SSSR count). The van der Waals surface area contributed by atoms with E-state index in [1.165, 1.54) is 69.8 Å². The summed E-state index contributed by atoms with van der Waals surface area (Å²) < 4.78 is 0. The summed E-state index contributed by atoms with van der Waals surface area (Å²) in [6.07, 6.45) is 15.0. The van der Waals surface area contributed by atoms with Gasteiger partial charge in [-0.15, -0.1) is 0 Å². The Balaban J connectivity index is 1.96. The molecule has 0 aromatic heterocycles. The zero-order valence-corrected chi connectivity index (χ0v) is 15.8. The van der Waals surface area contributed by atoms with Crippen LogP contribution in [0.25, 0.3) is 0 Å². The third kappa shape index (κ3) is 10.4. The van der Waals surface area contributed by atoms with E-state index in [-0.39, 0.29) is 0 Å². The van der Waals surface area contributed by atoms with E-state index in [2.05, 4.69) is 35.0 Å². The van der Waals surface area contributed by atoms with Crippen LogP contribution in [0.1, 0.15) is 76.7 Å². The van der Waals surface area contributed by atoms with E-state index < -0.39 is 0 Å². The van der Waals surface area contributed by atoms with Crippen LogP contribution in [0.2, 0.25) is 5.02 Å². The normalized spacial score (nSPS) is 12.5. The van der Waals surface area contributed by atoms with E-state index in [0.29, 0.717) is 4.83 Å². The van der Waals surface area contributed by atoms with Crippen molar-refractivity contribution in [2.75, 3.05) is 0 Å². The molecule has 0 saturated carbocycles. The summed E-state index contributed by atoms with van der Waals surface area (Å²) in [4.78, 5) is 0.600. The molecular formula is C19H30BrCl. The molecule has 0 fully saturated rings. The number of hydrogen-bond acceptors (Lipinski definition) is 0. The summed E-state index contributed by atoms with van der Waals surface area (Å²) >= 11 is 9.72. The first-order valence-corrected chi connectivity index (χ1v) is 9.90. The fourth-order valence-corrected chi connectivity index (χ4v) is 3.48. The standard InChI is InChI=1S/C19H30BrCl/c1-2-3-4-5-6-7-8-9-10-11-18(20)16-17-12-14-19(21)15-13-17/h12-15,18H,2-11,16H2,1H3. The fourth-order valence-electron chi connectivity index (χ4n) is 2.65. The zero-order valence-electron chi connectivity index (χ0n) is 13.4. The summed E-state index contributed by atoms with van der Waals surface area (Å²) in [6, 6.07) is 8.23. The molecule has 2 heteroatoms. The quantitative estimate of drug-likeness (QED) is 0.262. The minimum absolute atomic E-state index is 0.600. The molecular weight excluding hydrogens is 344 g/mol. The highest BCUT2D eigenvalue weighted by Gasteiger charge is 2.05. The topological polar surface area (TPSA) is 0 Å². The van der Waals surface area contributed by atoms with Crippen molar-refractivity contribution in [1.29, 1.82) is 0 Å². The van der Waals surface area contributed by atoms with Crippen LogP contribution in [0.15, 0.2) is 24.3 Å². The number of alkyl halides is 1. The summed E-state index contributed by atoms with van der Waals surface area (Å²) in [7, 11) is 0. The Morgan fingerprint density at radius 2 is 1.38 bits per heavy atom. The molecule has 0 aliphatic heterocycles. The van der Waals surface area contributed by atoms with Crippen molar-refractivity contribution in [3.8, 4) is 0 Å². The molecule has 0 radical (unpaired) electrons. The third-order valence-corrected chi connectivity index (χ3v) is 5.02. The number of benzene rings is 1. The lowest BCUT2D eigenvalue weighted by molar-refractivity contribution is 0.553. The van der Waals surface area contributed by atoms with Crippen molar-refractivity contribution in [1.82, 2.24) is 0 Å². The van der Waals surface area contributed by atoms with Crippen LogP contribution in [-0.4, -0.2) is 4.83 Å². The van der Waals surface area contributed by atoms with Crippen molar-refractivity contribution in [2.24, 2.45) is 0 Å². The summed E-state index contributed by atoms with van der Waals surface area (Å²) in [6.45, 7) is 2.28. The Labute approximate surface area is 144 Å². The molecule has 0 aliphatic rings. The number of unbranched alkanes of at least 4 members (excludes halogenated alkanes) is 8. The first-order valence-electron chi connectivity index (χ1n) is 8.61. The molecule has 1 aromatic rings. The molecule has 0 saturated heterocycles. The molecule has 21 heavy (non-hydrogen) atoms. The lowest BCUT2D eigenvalue weighted by Gasteiger charge is -2.10. The van der Waals surface area contributed by atoms with Crippen LogP contribution in [0, 0.1) is 0 Å². The van der Waals surface area contributed by atoms with Crippen molar-refractivity contribution < 1.29 is 0 Å². The van der Waals surface area contributed by atoms with Gasteiger partial charge in [-0.2, -0.15) is 0 Å². The smallest absolute Gasteiger partial charge is 0.0406 e. The first-order chi connectivity index (χ1) is 10.2. The molecule has 1 aromatic carbocycles. The lowest BCUT2D eigenvalue weighted by Crippen LogP contribution is -2.02. The summed E-state index contributed by atoms with van der Waals surface area (Å²) in [5, 5.41) is 0.823. The Morgan fingerprint density at radius 1 is 0.857 bits per heavy atom. The van der Waals surface area contributed by atoms with Gasteiger partial charge >= 0.3 is 0 Å². The maximum Gasteiger partial charge on any atom is 0.0406 e. The van der Waals surface area contributed by atoms with Gasteiger partial charge in [-0.25, -0.2) is 0 Å². The predicted molar refractivity (Wildman–Crippen MR) is 99.7 cm³/mol. The van der Waals surface area contributed by atoms with Crippen molar-refractivity contribution in [3.05, 3.63) is 34.9 Å². The van der Waals surface area contributed by atoms with Gasteiger partial charge in [-0.1, -0.05) is 104 Å². The van der Waals surface area contributed by atoms with E-state index in [1.807, 2.05) is 12.1 Å². The van der Waals surface area contributed by atoms with E-state index in [4.69, 9.17) is 11.6 Å². The van der Waals surface area contributed by atoms with Gasteiger partial charge in [0.2, 0.25) is 0 Å². The summed E-state index contributed by atoms with van der Waals surface area (Å²) in [5.74, 6) is 0. The Morgan fingerprint density at radius 3 is 1.95 bits per heavy atom. The second-order valence-electron chi connectivity index (χ2n) is 6.04. The molecule has 1 atom stereocenters. The van der Waals surface area contributed by atoms with Crippen LogP contribution in [0.5, 0.6) is 0 Å². The average molecular weight is 374 g/mol. The minimum Gasteiger partial charge on any atom is -0.0887 e. The van der Waals surface area contributed by atoms with Gasteiger partial charge in [0, 0.05) is 9.85 Å². The van der Waals surface area contributed by atoms with Gasteiger partial charge in [0.05, 0.1) is 0 Å². The molecule has 0 heterocycles. The molecule has 0 spiro atoms. The van der Waals surface area contributed by atoms with E-state index in [9.17, 15) is 0 Å². The van der Waals surface area contributed by atoms with Crippen molar-refractivity contribution in [3.63, 3.8) is 0 Å². The Kier molecular flexibility index (Phi) is 11.4. The highest BCUT2D eigenvalue weighted by Crippen LogP contribution is 2.19. The zero-order chi connectivity index (χ0) is 15.3. The van der Waals surface area contributed by atoms with Gasteiger partial charge in [0.25, 0.3) is 0 Å².